The van der Waals surface area contributed by atoms with Gasteiger partial charge in [-0.15, -0.1) is 0 Å². The second-order valence-electron chi connectivity index (χ2n) is 4.41. The molecule has 0 aromatic heterocycles. The van der Waals surface area contributed by atoms with Crippen LogP contribution < -0.4 is 0 Å². The van der Waals surface area contributed by atoms with E-state index in [1.807, 2.05) is 0 Å². The first-order valence-corrected chi connectivity index (χ1v) is 5.83. The van der Waals surface area contributed by atoms with Crippen LogP contribution in [-0.2, 0) is 9.53 Å². The molecule has 0 bridgehead atoms. The van der Waals surface area contributed by atoms with E-state index in [4.69, 9.17) is 4.74 Å². The van der Waals surface area contributed by atoms with Gasteiger partial charge in [0.25, 0.3) is 0 Å². The van der Waals surface area contributed by atoms with Crippen molar-refractivity contribution in [2.75, 3.05) is 13.2 Å². The lowest BCUT2D eigenvalue weighted by atomic mass is 9.79. The van der Waals surface area contributed by atoms with Crippen LogP contribution in [0.2, 0.25) is 0 Å². The second kappa shape index (κ2) is 4.82. The first-order valence-electron chi connectivity index (χ1n) is 5.83. The summed E-state index contributed by atoms with van der Waals surface area (Å²) in [5, 5.41) is 19.2. The number of rotatable bonds is 3. The van der Waals surface area contributed by atoms with Crippen molar-refractivity contribution in [1.82, 2.24) is 0 Å². The third-order valence-corrected chi connectivity index (χ3v) is 3.37. The highest BCUT2D eigenvalue weighted by Crippen LogP contribution is 2.39. The van der Waals surface area contributed by atoms with Crippen LogP contribution in [0.15, 0.2) is 47.0 Å². The average Bonchev–Trinajstić information content (AvgIpc) is 2.71. The van der Waals surface area contributed by atoms with Gasteiger partial charge in [0.1, 0.15) is 11.5 Å². The summed E-state index contributed by atoms with van der Waals surface area (Å²) in [4.78, 5) is 12.2. The number of fused-ring (bicyclic) bond motifs is 1. The molecular formula is C14H16O4. The summed E-state index contributed by atoms with van der Waals surface area (Å²) in [5.41, 5.74) is 1.38. The fraction of sp³-hybridized carbons (Fsp3) is 0.357. The summed E-state index contributed by atoms with van der Waals surface area (Å²) in [7, 11) is 0. The molecule has 0 fully saturated rings. The fourth-order valence-corrected chi connectivity index (χ4v) is 2.49. The first kappa shape index (κ1) is 12.6. The lowest BCUT2D eigenvalue weighted by molar-refractivity contribution is -0.113. The van der Waals surface area contributed by atoms with E-state index in [0.29, 0.717) is 29.9 Å². The molecule has 0 spiro atoms. The van der Waals surface area contributed by atoms with Gasteiger partial charge in [-0.2, -0.15) is 0 Å². The topological polar surface area (TPSA) is 66.8 Å². The number of ketones is 1. The van der Waals surface area contributed by atoms with Crippen molar-refractivity contribution in [2.24, 2.45) is 5.92 Å². The van der Waals surface area contributed by atoms with Crippen molar-refractivity contribution in [1.29, 1.82) is 0 Å². The predicted octanol–water partition coefficient (Wildman–Crippen LogP) is 1.80. The van der Waals surface area contributed by atoms with Crippen molar-refractivity contribution in [2.45, 2.75) is 13.3 Å². The van der Waals surface area contributed by atoms with Crippen LogP contribution in [0.3, 0.4) is 0 Å². The summed E-state index contributed by atoms with van der Waals surface area (Å²) >= 11 is 0. The lowest BCUT2D eigenvalue weighted by Crippen LogP contribution is -2.25. The van der Waals surface area contributed by atoms with E-state index in [2.05, 4.69) is 6.58 Å². The van der Waals surface area contributed by atoms with Crippen molar-refractivity contribution in [3.05, 3.63) is 47.0 Å². The quantitative estimate of drug-likeness (QED) is 0.590. The van der Waals surface area contributed by atoms with Crippen LogP contribution in [-0.4, -0.2) is 29.2 Å². The van der Waals surface area contributed by atoms with E-state index in [1.54, 1.807) is 6.92 Å². The zero-order chi connectivity index (χ0) is 13.3. The van der Waals surface area contributed by atoms with E-state index >= 15 is 0 Å². The van der Waals surface area contributed by atoms with Gasteiger partial charge in [0, 0.05) is 22.6 Å². The maximum Gasteiger partial charge on any atom is 0.191 e. The van der Waals surface area contributed by atoms with Crippen LogP contribution in [0.4, 0.5) is 0 Å². The highest BCUT2D eigenvalue weighted by Gasteiger charge is 2.38. The number of aliphatic hydroxyl groups excluding tert-OH is 2. The number of hydrogen-bond donors (Lipinski definition) is 2. The molecule has 0 radical (unpaired) electrons. The smallest absolute Gasteiger partial charge is 0.191 e. The van der Waals surface area contributed by atoms with Gasteiger partial charge >= 0.3 is 0 Å². The maximum absolute atomic E-state index is 12.2. The maximum atomic E-state index is 12.2. The van der Waals surface area contributed by atoms with Crippen molar-refractivity contribution >= 4 is 5.78 Å². The second-order valence-corrected chi connectivity index (χ2v) is 4.41. The molecule has 4 nitrogen and oxygen atoms in total. The highest BCUT2D eigenvalue weighted by atomic mass is 16.5. The van der Waals surface area contributed by atoms with Gasteiger partial charge in [-0.25, -0.2) is 0 Å². The Morgan fingerprint density at radius 3 is 2.94 bits per heavy atom. The molecule has 2 N–H and O–H groups in total. The normalized spacial score (nSPS) is 24.2. The van der Waals surface area contributed by atoms with Gasteiger partial charge in [0.2, 0.25) is 0 Å². The molecule has 96 valence electrons. The van der Waals surface area contributed by atoms with Crippen LogP contribution in [0.25, 0.3) is 0 Å². The number of allylic oxidation sites excluding steroid dienone is 4. The SMILES string of the molecule is C=C/C=C(/O)C1=C(CO)C(=O)C2=C(C)OCC2C1. The molecule has 4 heteroatoms. The lowest BCUT2D eigenvalue weighted by Gasteiger charge is -2.23. The van der Waals surface area contributed by atoms with Crippen molar-refractivity contribution in [3.63, 3.8) is 0 Å². The van der Waals surface area contributed by atoms with Crippen LogP contribution in [0, 0.1) is 5.92 Å². The Balaban J connectivity index is 2.50. The molecule has 2 rings (SSSR count). The predicted molar refractivity (Wildman–Crippen MR) is 66.8 cm³/mol. The van der Waals surface area contributed by atoms with Crippen molar-refractivity contribution < 1.29 is 19.7 Å². The van der Waals surface area contributed by atoms with Crippen molar-refractivity contribution in [3.8, 4) is 0 Å². The Hall–Kier alpha value is -1.81. The number of carbonyl (C=O) groups is 1. The Bertz CT molecular complexity index is 494. The molecule has 0 saturated heterocycles. The Morgan fingerprint density at radius 2 is 2.33 bits per heavy atom. The standard InChI is InChI=1S/C14H16O4/c1-3-4-12(16)10-5-9-7-18-8(2)13(9)14(17)11(10)6-15/h3-4,9,15-16H,1,5-7H2,2H3/b12-4+. The van der Waals surface area contributed by atoms with E-state index in [-0.39, 0.29) is 29.6 Å². The number of ether oxygens (including phenoxy) is 1. The monoisotopic (exact) mass is 248 g/mol. The minimum absolute atomic E-state index is 0.00833. The fourth-order valence-electron chi connectivity index (χ4n) is 2.49. The van der Waals surface area contributed by atoms with Gasteiger partial charge < -0.3 is 14.9 Å². The Labute approximate surface area is 106 Å². The average molecular weight is 248 g/mol. The molecule has 0 aromatic carbocycles. The molecule has 0 amide bonds. The van der Waals surface area contributed by atoms with E-state index in [0.717, 1.165) is 0 Å². The summed E-state index contributed by atoms with van der Waals surface area (Å²) in [5.74, 6) is 0.374. The summed E-state index contributed by atoms with van der Waals surface area (Å²) in [6, 6.07) is 0. The molecule has 1 unspecified atom stereocenters. The summed E-state index contributed by atoms with van der Waals surface area (Å²) < 4.78 is 5.38. The van der Waals surface area contributed by atoms with E-state index in [9.17, 15) is 15.0 Å². The zero-order valence-corrected chi connectivity index (χ0v) is 10.3. The number of carbonyl (C=O) groups excluding carboxylic acids is 1. The third-order valence-electron chi connectivity index (χ3n) is 3.37. The van der Waals surface area contributed by atoms with Gasteiger partial charge in [0.05, 0.1) is 13.2 Å². The minimum atomic E-state index is -0.382. The number of hydrogen-bond acceptors (Lipinski definition) is 4. The molecule has 0 saturated carbocycles. The molecule has 2 aliphatic rings. The van der Waals surface area contributed by atoms with Crippen LogP contribution in [0.1, 0.15) is 13.3 Å². The molecule has 1 aliphatic carbocycles. The largest absolute Gasteiger partial charge is 0.508 e. The molecular weight excluding hydrogens is 232 g/mol. The van der Waals surface area contributed by atoms with Gasteiger partial charge in [-0.3, -0.25) is 4.79 Å². The molecule has 0 aromatic rings. The van der Waals surface area contributed by atoms with E-state index in [1.165, 1.54) is 12.2 Å². The Morgan fingerprint density at radius 1 is 1.61 bits per heavy atom. The van der Waals surface area contributed by atoms with E-state index < -0.39 is 0 Å². The number of aliphatic hydroxyl groups is 2. The summed E-state index contributed by atoms with van der Waals surface area (Å²) in [6.45, 7) is 5.33. The van der Waals surface area contributed by atoms with Crippen LogP contribution >= 0.6 is 0 Å². The van der Waals surface area contributed by atoms with Gasteiger partial charge in [0.15, 0.2) is 5.78 Å². The molecule has 1 atom stereocenters. The zero-order valence-electron chi connectivity index (χ0n) is 10.3. The van der Waals surface area contributed by atoms with Gasteiger partial charge in [-0.05, 0) is 19.4 Å². The number of Topliss-reactive ketones (excluding diaryl/α,β-unsaturated/α-hetero) is 1. The first-order chi connectivity index (χ1) is 8.60. The Kier molecular flexibility index (Phi) is 3.39. The molecule has 18 heavy (non-hydrogen) atoms. The molecule has 1 aliphatic heterocycles. The summed E-state index contributed by atoms with van der Waals surface area (Å²) in [6.07, 6.45) is 3.38. The highest BCUT2D eigenvalue weighted by molar-refractivity contribution is 6.11. The molecule has 1 heterocycles. The van der Waals surface area contributed by atoms with Crippen LogP contribution in [0.5, 0.6) is 0 Å². The minimum Gasteiger partial charge on any atom is -0.508 e. The third kappa shape index (κ3) is 1.88. The van der Waals surface area contributed by atoms with Gasteiger partial charge in [-0.1, -0.05) is 12.7 Å².